The molecule has 0 bridgehead atoms. The molecule has 1 aliphatic heterocycles. The molecule has 2 aromatic carbocycles. The van der Waals surface area contributed by atoms with Gasteiger partial charge in [-0.15, -0.1) is 0 Å². The zero-order valence-electron chi connectivity index (χ0n) is 15.8. The Bertz CT molecular complexity index is 905. The second-order valence-corrected chi connectivity index (χ2v) is 9.79. The monoisotopic (exact) mass is 482 g/mol. The van der Waals surface area contributed by atoms with Crippen molar-refractivity contribution < 1.29 is 23.9 Å². The molecule has 3 rings (SSSR count). The number of carbonyl (C=O) groups is 1. The van der Waals surface area contributed by atoms with E-state index in [1.54, 1.807) is 0 Å². The van der Waals surface area contributed by atoms with Gasteiger partial charge in [0, 0.05) is 24.6 Å². The fourth-order valence-electron chi connectivity index (χ4n) is 3.52. The van der Waals surface area contributed by atoms with E-state index in [0.717, 1.165) is 16.8 Å². The summed E-state index contributed by atoms with van der Waals surface area (Å²) in [6.07, 6.45) is 0.250. The Labute approximate surface area is 178 Å². The van der Waals surface area contributed by atoms with Gasteiger partial charge in [-0.2, -0.15) is 0 Å². The van der Waals surface area contributed by atoms with Crippen molar-refractivity contribution >= 4 is 35.1 Å². The Balaban J connectivity index is 1.79. The Morgan fingerprint density at radius 2 is 1.93 bits per heavy atom. The van der Waals surface area contributed by atoms with E-state index in [1.165, 1.54) is 0 Å². The lowest BCUT2D eigenvalue weighted by molar-refractivity contribution is -0.118. The summed E-state index contributed by atoms with van der Waals surface area (Å²) in [5.74, 6) is 0.106. The van der Waals surface area contributed by atoms with Crippen molar-refractivity contribution in [3.63, 3.8) is 0 Å². The largest absolute Gasteiger partial charge is 0.494 e. The third-order valence-electron chi connectivity index (χ3n) is 4.82. The van der Waals surface area contributed by atoms with Gasteiger partial charge in [-0.3, -0.25) is 9.36 Å². The molecule has 9 heteroatoms. The second-order valence-electron chi connectivity index (χ2n) is 7.07. The molecular formula is C20H24BrN2O5P. The molecule has 0 saturated carbocycles. The van der Waals surface area contributed by atoms with Gasteiger partial charge in [0.25, 0.3) is 0 Å². The summed E-state index contributed by atoms with van der Waals surface area (Å²) in [5, 5.41) is 0. The predicted molar refractivity (Wildman–Crippen MR) is 115 cm³/mol. The minimum atomic E-state index is -4.02. The molecule has 29 heavy (non-hydrogen) atoms. The molecule has 0 aromatic heterocycles. The smallest absolute Gasteiger partial charge is 0.325 e. The van der Waals surface area contributed by atoms with Gasteiger partial charge in [0.15, 0.2) is 0 Å². The number of hydrogen-bond donors (Lipinski definition) is 3. The highest BCUT2D eigenvalue weighted by Crippen LogP contribution is 2.47. The fourth-order valence-corrected chi connectivity index (χ4v) is 4.89. The second kappa shape index (κ2) is 9.30. The number of nitrogens with zero attached hydrogens (tertiary/aromatic N) is 1. The number of ether oxygens (including phenoxy) is 1. The van der Waals surface area contributed by atoms with Gasteiger partial charge in [0.1, 0.15) is 5.75 Å². The topological polar surface area (TPSA) is 113 Å². The van der Waals surface area contributed by atoms with Gasteiger partial charge < -0.3 is 25.2 Å². The number of fused-ring (bicyclic) bond motifs is 1. The van der Waals surface area contributed by atoms with Crippen molar-refractivity contribution in [2.24, 2.45) is 5.73 Å². The van der Waals surface area contributed by atoms with Gasteiger partial charge in [0.05, 0.1) is 17.7 Å². The number of hydrogen-bond acceptors (Lipinski definition) is 4. The van der Waals surface area contributed by atoms with Crippen LogP contribution < -0.4 is 15.4 Å². The number of benzene rings is 2. The molecule has 0 aliphatic carbocycles. The Morgan fingerprint density at radius 3 is 2.59 bits per heavy atom. The van der Waals surface area contributed by atoms with E-state index in [9.17, 15) is 9.36 Å². The number of halogens is 1. The van der Waals surface area contributed by atoms with E-state index in [1.807, 2.05) is 36.4 Å². The SMILES string of the molecule is NC(=O)CC1c2cc(OCCCP(=O)(O)O)ccc2N(Cc2ccccc2)C1Br. The normalized spacial score (nSPS) is 18.5. The van der Waals surface area contributed by atoms with Gasteiger partial charge in [0.2, 0.25) is 5.91 Å². The van der Waals surface area contributed by atoms with Crippen molar-refractivity contribution in [2.45, 2.75) is 30.3 Å². The molecular weight excluding hydrogens is 459 g/mol. The molecule has 7 nitrogen and oxygen atoms in total. The predicted octanol–water partition coefficient (Wildman–Crippen LogP) is 3.33. The molecule has 0 fully saturated rings. The minimum absolute atomic E-state index is 0.0879. The Morgan fingerprint density at radius 1 is 1.21 bits per heavy atom. The summed E-state index contributed by atoms with van der Waals surface area (Å²) in [7, 11) is -4.02. The number of alkyl halides is 1. The molecule has 0 radical (unpaired) electrons. The maximum absolute atomic E-state index is 11.6. The van der Waals surface area contributed by atoms with Gasteiger partial charge in [-0.05, 0) is 35.7 Å². The van der Waals surface area contributed by atoms with E-state index in [2.05, 4.69) is 33.0 Å². The summed E-state index contributed by atoms with van der Waals surface area (Å²) in [4.78, 5) is 31.6. The van der Waals surface area contributed by atoms with Crippen LogP contribution >= 0.6 is 23.5 Å². The quantitative estimate of drug-likeness (QED) is 0.218. The number of anilines is 1. The number of carbonyl (C=O) groups excluding carboxylic acids is 1. The van der Waals surface area contributed by atoms with E-state index in [4.69, 9.17) is 20.3 Å². The van der Waals surface area contributed by atoms with Gasteiger partial charge >= 0.3 is 7.60 Å². The maximum Gasteiger partial charge on any atom is 0.325 e. The van der Waals surface area contributed by atoms with E-state index < -0.39 is 7.60 Å². The molecule has 2 unspecified atom stereocenters. The average Bonchev–Trinajstić information content (AvgIpc) is 2.90. The molecule has 2 aromatic rings. The third-order valence-corrected chi connectivity index (χ3v) is 6.85. The van der Waals surface area contributed by atoms with Crippen LogP contribution in [0.3, 0.4) is 0 Å². The van der Waals surface area contributed by atoms with Crippen LogP contribution in [-0.4, -0.2) is 33.4 Å². The number of nitrogens with two attached hydrogens (primary N) is 1. The molecule has 2 atom stereocenters. The van der Waals surface area contributed by atoms with Crippen LogP contribution in [0.5, 0.6) is 5.75 Å². The summed E-state index contributed by atoms with van der Waals surface area (Å²) in [6, 6.07) is 15.7. The zero-order valence-corrected chi connectivity index (χ0v) is 18.3. The van der Waals surface area contributed by atoms with Crippen molar-refractivity contribution in [3.05, 3.63) is 59.7 Å². The first-order valence-electron chi connectivity index (χ1n) is 9.29. The summed E-state index contributed by atoms with van der Waals surface area (Å²) >= 11 is 3.74. The van der Waals surface area contributed by atoms with Crippen molar-refractivity contribution in [1.29, 1.82) is 0 Å². The highest BCUT2D eigenvalue weighted by Gasteiger charge is 2.38. The summed E-state index contributed by atoms with van der Waals surface area (Å²) in [6.45, 7) is 0.886. The molecule has 0 saturated heterocycles. The van der Waals surface area contributed by atoms with Crippen molar-refractivity contribution in [1.82, 2.24) is 0 Å². The van der Waals surface area contributed by atoms with Crippen LogP contribution in [0.25, 0.3) is 0 Å². The summed E-state index contributed by atoms with van der Waals surface area (Å²) < 4.78 is 16.6. The van der Waals surface area contributed by atoms with E-state index in [0.29, 0.717) is 12.3 Å². The summed E-state index contributed by atoms with van der Waals surface area (Å²) in [5.41, 5.74) is 8.61. The molecule has 4 N–H and O–H groups in total. The van der Waals surface area contributed by atoms with Crippen LogP contribution in [0.15, 0.2) is 48.5 Å². The third kappa shape index (κ3) is 5.82. The number of primary amides is 1. The number of amides is 1. The van der Waals surface area contributed by atoms with E-state index >= 15 is 0 Å². The maximum atomic E-state index is 11.6. The Kier molecular flexibility index (Phi) is 7.01. The van der Waals surface area contributed by atoms with Crippen molar-refractivity contribution in [3.8, 4) is 5.75 Å². The standard InChI is InChI=1S/C20H24BrN2O5P/c21-20-17(12-19(22)24)16-11-15(28-9-4-10-29(25,26)27)7-8-18(16)23(20)13-14-5-2-1-3-6-14/h1-3,5-8,11,17,20H,4,9-10,12-13H2,(H2,22,24)(H2,25,26,27). The first-order chi connectivity index (χ1) is 13.7. The van der Waals surface area contributed by atoms with Crippen LogP contribution in [0, 0.1) is 0 Å². The number of rotatable bonds is 9. The average molecular weight is 483 g/mol. The minimum Gasteiger partial charge on any atom is -0.494 e. The molecule has 1 amide bonds. The van der Waals surface area contributed by atoms with Crippen LogP contribution in [0.4, 0.5) is 5.69 Å². The zero-order chi connectivity index (χ0) is 21.0. The molecule has 156 valence electrons. The lowest BCUT2D eigenvalue weighted by Crippen LogP contribution is -2.30. The van der Waals surface area contributed by atoms with Gasteiger partial charge in [-0.25, -0.2) is 0 Å². The van der Waals surface area contributed by atoms with Crippen LogP contribution in [0.2, 0.25) is 0 Å². The van der Waals surface area contributed by atoms with E-state index in [-0.39, 0.29) is 42.4 Å². The first-order valence-corrected chi connectivity index (χ1v) is 12.0. The Hall–Kier alpha value is -1.86. The molecule has 1 aliphatic rings. The van der Waals surface area contributed by atoms with Crippen LogP contribution in [-0.2, 0) is 15.9 Å². The highest BCUT2D eigenvalue weighted by molar-refractivity contribution is 9.09. The fraction of sp³-hybridized carbons (Fsp3) is 0.350. The lowest BCUT2D eigenvalue weighted by Gasteiger charge is -2.25. The van der Waals surface area contributed by atoms with Crippen LogP contribution in [0.1, 0.15) is 29.9 Å². The van der Waals surface area contributed by atoms with Crippen molar-refractivity contribution in [2.75, 3.05) is 17.7 Å². The highest BCUT2D eigenvalue weighted by atomic mass is 79.9. The molecule has 1 heterocycles. The first kappa shape index (κ1) is 21.8. The van der Waals surface area contributed by atoms with Gasteiger partial charge in [-0.1, -0.05) is 46.3 Å². The lowest BCUT2D eigenvalue weighted by atomic mass is 9.97. The molecule has 0 spiro atoms.